The molecule has 1 amide bonds. The first kappa shape index (κ1) is 29.2. The number of rotatable bonds is 8. The largest absolute Gasteiger partial charge is 0.481 e. The van der Waals surface area contributed by atoms with Crippen molar-refractivity contribution >= 4 is 50.9 Å². The van der Waals surface area contributed by atoms with Gasteiger partial charge in [0.1, 0.15) is 5.75 Å². The number of carboxylic acid groups (broad SMARTS) is 1. The third kappa shape index (κ3) is 6.14. The third-order valence-corrected chi connectivity index (χ3v) is 8.42. The molecular weight excluding hydrogens is 618 g/mol. The number of ether oxygens (including phenoxy) is 1. The van der Waals surface area contributed by atoms with Gasteiger partial charge < -0.3 is 15.2 Å². The van der Waals surface area contributed by atoms with Crippen LogP contribution in [0.4, 0.5) is 5.69 Å². The summed E-state index contributed by atoms with van der Waals surface area (Å²) in [6, 6.07) is 21.7. The molecule has 4 aromatic rings. The fourth-order valence-corrected chi connectivity index (χ4v) is 6.28. The molecule has 10 heteroatoms. The molecule has 214 valence electrons. The third-order valence-electron chi connectivity index (χ3n) is 6.82. The fraction of sp³-hybridized carbons (Fsp3) is 0.188. The highest BCUT2D eigenvalue weighted by Crippen LogP contribution is 2.32. The summed E-state index contributed by atoms with van der Waals surface area (Å²) in [5, 5.41) is 11.9. The molecule has 0 saturated heterocycles. The highest BCUT2D eigenvalue weighted by molar-refractivity contribution is 9.10. The standard InChI is InChI=1S/C32H28BrN3O5S/c1-18(2)21-10-12-22(13-11-21)29-28(30(39)35-23-7-5-4-6-8-23)19(3)34-32-36(29)31(40)26(42-32)16-20-9-14-25(24(33)15-20)41-17-27(37)38/h4-16,18,29H,17H2,1-3H3,(H,35,39)(H,37,38)/b26-16+/t29-/m1/s1. The zero-order valence-electron chi connectivity index (χ0n) is 23.1. The number of hydrogen-bond donors (Lipinski definition) is 2. The van der Waals surface area contributed by atoms with Gasteiger partial charge in [-0.3, -0.25) is 14.2 Å². The Kier molecular flexibility index (Phi) is 8.56. The number of amides is 1. The SMILES string of the molecule is CC1=C(C(=O)Nc2ccccc2)[C@@H](c2ccc(C(C)C)cc2)n2c(s/c(=C/c3ccc(OCC(=O)O)c(Br)c3)c2=O)=N1. The molecule has 1 aliphatic heterocycles. The molecule has 0 bridgehead atoms. The number of allylic oxidation sites excluding steroid dienone is 1. The van der Waals surface area contributed by atoms with E-state index in [9.17, 15) is 14.4 Å². The second kappa shape index (κ2) is 12.3. The van der Waals surface area contributed by atoms with Crippen molar-refractivity contribution in [3.05, 3.63) is 125 Å². The summed E-state index contributed by atoms with van der Waals surface area (Å²) in [7, 11) is 0. The molecule has 1 aromatic heterocycles. The highest BCUT2D eigenvalue weighted by Gasteiger charge is 2.32. The highest BCUT2D eigenvalue weighted by atomic mass is 79.9. The van der Waals surface area contributed by atoms with Crippen molar-refractivity contribution in [1.29, 1.82) is 0 Å². The Labute approximate surface area is 254 Å². The molecular formula is C32H28BrN3O5S. The van der Waals surface area contributed by atoms with Gasteiger partial charge in [-0.05, 0) is 75.8 Å². The van der Waals surface area contributed by atoms with E-state index < -0.39 is 18.6 Å². The van der Waals surface area contributed by atoms with Crippen LogP contribution in [-0.4, -0.2) is 28.2 Å². The lowest BCUT2D eigenvalue weighted by atomic mass is 9.93. The number of aromatic nitrogens is 1. The summed E-state index contributed by atoms with van der Waals surface area (Å²) >= 11 is 4.66. The molecule has 8 nitrogen and oxygen atoms in total. The van der Waals surface area contributed by atoms with Crippen LogP contribution in [0.25, 0.3) is 6.08 Å². The summed E-state index contributed by atoms with van der Waals surface area (Å²) in [6.45, 7) is 5.56. The number of anilines is 1. The summed E-state index contributed by atoms with van der Waals surface area (Å²) in [4.78, 5) is 43.7. The number of thiazole rings is 1. The van der Waals surface area contributed by atoms with Gasteiger partial charge >= 0.3 is 5.97 Å². The van der Waals surface area contributed by atoms with Crippen molar-refractivity contribution in [3.8, 4) is 5.75 Å². The van der Waals surface area contributed by atoms with Gasteiger partial charge in [0, 0.05) is 5.69 Å². The molecule has 0 saturated carbocycles. The predicted octanol–water partition coefficient (Wildman–Crippen LogP) is 5.22. The number of para-hydroxylation sites is 1. The first-order valence-corrected chi connectivity index (χ1v) is 14.9. The first-order chi connectivity index (χ1) is 20.1. The number of halogens is 1. The number of hydrogen-bond acceptors (Lipinski definition) is 6. The Morgan fingerprint density at radius 2 is 1.83 bits per heavy atom. The molecule has 1 atom stereocenters. The Balaban J connectivity index is 1.60. The van der Waals surface area contributed by atoms with E-state index in [2.05, 4.69) is 35.1 Å². The van der Waals surface area contributed by atoms with Crippen molar-refractivity contribution in [2.75, 3.05) is 11.9 Å². The predicted molar refractivity (Wildman–Crippen MR) is 167 cm³/mol. The van der Waals surface area contributed by atoms with Gasteiger partial charge in [-0.2, -0.15) is 0 Å². The molecule has 0 fully saturated rings. The molecule has 2 N–H and O–H groups in total. The van der Waals surface area contributed by atoms with Gasteiger partial charge in [-0.25, -0.2) is 9.79 Å². The van der Waals surface area contributed by atoms with E-state index in [1.165, 1.54) is 11.3 Å². The van der Waals surface area contributed by atoms with Crippen LogP contribution in [0.3, 0.4) is 0 Å². The van der Waals surface area contributed by atoms with Crippen molar-refractivity contribution < 1.29 is 19.4 Å². The van der Waals surface area contributed by atoms with Crippen LogP contribution in [-0.2, 0) is 9.59 Å². The van der Waals surface area contributed by atoms with Crippen LogP contribution < -0.4 is 24.9 Å². The lowest BCUT2D eigenvalue weighted by molar-refractivity contribution is -0.139. The van der Waals surface area contributed by atoms with Crippen molar-refractivity contribution in [2.45, 2.75) is 32.7 Å². The fourth-order valence-electron chi connectivity index (χ4n) is 4.73. The van der Waals surface area contributed by atoms with Gasteiger partial charge in [0.2, 0.25) is 0 Å². The lowest BCUT2D eigenvalue weighted by Gasteiger charge is -2.25. The minimum atomic E-state index is -1.08. The number of nitrogens with one attached hydrogen (secondary N) is 1. The zero-order chi connectivity index (χ0) is 30.0. The van der Waals surface area contributed by atoms with Crippen molar-refractivity contribution in [1.82, 2.24) is 4.57 Å². The molecule has 3 aromatic carbocycles. The summed E-state index contributed by atoms with van der Waals surface area (Å²) < 4.78 is 7.88. The Hall–Kier alpha value is -4.28. The average Bonchev–Trinajstić information content (AvgIpc) is 3.26. The van der Waals surface area contributed by atoms with Crippen LogP contribution in [0.15, 0.2) is 98.3 Å². The number of nitrogens with zero attached hydrogens (tertiary/aromatic N) is 2. The smallest absolute Gasteiger partial charge is 0.341 e. The molecule has 42 heavy (non-hydrogen) atoms. The van der Waals surface area contributed by atoms with Crippen LogP contribution in [0.1, 0.15) is 49.4 Å². The van der Waals surface area contributed by atoms with E-state index in [-0.39, 0.29) is 11.5 Å². The molecule has 5 rings (SSSR count). The number of carbonyl (C=O) groups excluding carboxylic acids is 1. The van der Waals surface area contributed by atoms with E-state index >= 15 is 0 Å². The number of carbonyl (C=O) groups is 2. The van der Waals surface area contributed by atoms with E-state index in [0.29, 0.717) is 48.0 Å². The van der Waals surface area contributed by atoms with Gasteiger partial charge in [-0.1, -0.05) is 73.7 Å². The molecule has 0 unspecified atom stereocenters. The van der Waals surface area contributed by atoms with Crippen molar-refractivity contribution in [2.24, 2.45) is 4.99 Å². The normalized spacial score (nSPS) is 14.9. The molecule has 0 spiro atoms. The minimum absolute atomic E-state index is 0.267. The number of benzene rings is 3. The summed E-state index contributed by atoms with van der Waals surface area (Å²) in [5.74, 6) is -0.687. The van der Waals surface area contributed by atoms with E-state index in [4.69, 9.17) is 14.8 Å². The van der Waals surface area contributed by atoms with Crippen LogP contribution in [0.2, 0.25) is 0 Å². The number of aliphatic carboxylic acids is 1. The molecule has 0 radical (unpaired) electrons. The maximum absolute atomic E-state index is 14.0. The van der Waals surface area contributed by atoms with Crippen molar-refractivity contribution in [3.63, 3.8) is 0 Å². The summed E-state index contributed by atoms with van der Waals surface area (Å²) in [6.07, 6.45) is 1.75. The van der Waals surface area contributed by atoms with Crippen LogP contribution in [0.5, 0.6) is 5.75 Å². The molecule has 2 heterocycles. The first-order valence-electron chi connectivity index (χ1n) is 13.3. The molecule has 1 aliphatic rings. The second-order valence-corrected chi connectivity index (χ2v) is 12.0. The topological polar surface area (TPSA) is 110 Å². The maximum atomic E-state index is 14.0. The van der Waals surface area contributed by atoms with Crippen LogP contribution in [0, 0.1) is 0 Å². The number of fused-ring (bicyclic) bond motifs is 1. The van der Waals surface area contributed by atoms with Gasteiger partial charge in [0.05, 0.1) is 26.3 Å². The van der Waals surface area contributed by atoms with Gasteiger partial charge in [-0.15, -0.1) is 0 Å². The second-order valence-electron chi connectivity index (χ2n) is 10.1. The monoisotopic (exact) mass is 645 g/mol. The average molecular weight is 647 g/mol. The Morgan fingerprint density at radius 1 is 1.12 bits per heavy atom. The Morgan fingerprint density at radius 3 is 2.48 bits per heavy atom. The minimum Gasteiger partial charge on any atom is -0.481 e. The zero-order valence-corrected chi connectivity index (χ0v) is 25.5. The lowest BCUT2D eigenvalue weighted by Crippen LogP contribution is -2.40. The number of carboxylic acids is 1. The van der Waals surface area contributed by atoms with Gasteiger partial charge in [0.15, 0.2) is 11.4 Å². The summed E-state index contributed by atoms with van der Waals surface area (Å²) in [5.41, 5.74) is 4.00. The van der Waals surface area contributed by atoms with Gasteiger partial charge in [0.25, 0.3) is 11.5 Å². The Bertz CT molecular complexity index is 1880. The van der Waals surface area contributed by atoms with E-state index in [0.717, 1.165) is 11.1 Å². The van der Waals surface area contributed by atoms with E-state index in [1.807, 2.05) is 54.6 Å². The van der Waals surface area contributed by atoms with Crippen LogP contribution >= 0.6 is 27.3 Å². The van der Waals surface area contributed by atoms with E-state index in [1.54, 1.807) is 35.8 Å². The quantitative estimate of drug-likeness (QED) is 0.273. The molecule has 0 aliphatic carbocycles. The maximum Gasteiger partial charge on any atom is 0.341 e.